The summed E-state index contributed by atoms with van der Waals surface area (Å²) in [5.74, 6) is -0.824. The van der Waals surface area contributed by atoms with Crippen LogP contribution in [-0.4, -0.2) is 21.0 Å². The Morgan fingerprint density at radius 2 is 1.94 bits per heavy atom. The number of aromatic carboxylic acids is 1. The molecule has 2 rings (SSSR count). The zero-order valence-corrected chi connectivity index (χ0v) is 9.35. The number of carbonyl (C=O) groups is 1. The van der Waals surface area contributed by atoms with Gasteiger partial charge >= 0.3 is 5.97 Å². The van der Waals surface area contributed by atoms with Crippen molar-refractivity contribution < 1.29 is 9.90 Å². The number of hydrogen-bond acceptors (Lipinski definition) is 4. The van der Waals surface area contributed by atoms with Gasteiger partial charge in [-0.15, -0.1) is 0 Å². The fraction of sp³-hybridized carbons (Fsp3) is 0. The molecule has 0 aromatic carbocycles. The van der Waals surface area contributed by atoms with E-state index in [0.717, 1.165) is 0 Å². The van der Waals surface area contributed by atoms with Crippen LogP contribution in [0.1, 0.15) is 10.4 Å². The first kappa shape index (κ1) is 11.3. The van der Waals surface area contributed by atoms with Crippen molar-refractivity contribution in [3.63, 3.8) is 0 Å². The fourth-order valence-corrected chi connectivity index (χ4v) is 1.45. The smallest absolute Gasteiger partial charge is 0.339 e. The fourth-order valence-electron chi connectivity index (χ4n) is 1.28. The van der Waals surface area contributed by atoms with Crippen molar-refractivity contribution in [1.29, 1.82) is 0 Å². The maximum absolute atomic E-state index is 11.0. The lowest BCUT2D eigenvalue weighted by atomic mass is 10.2. The van der Waals surface area contributed by atoms with Gasteiger partial charge in [-0.2, -0.15) is 0 Å². The molecule has 0 atom stereocenters. The average molecular weight is 250 g/mol. The molecule has 0 saturated heterocycles. The van der Waals surface area contributed by atoms with Crippen LogP contribution in [0.5, 0.6) is 0 Å². The molecule has 2 aromatic rings. The third-order valence-corrected chi connectivity index (χ3v) is 2.35. The van der Waals surface area contributed by atoms with Gasteiger partial charge in [0.1, 0.15) is 11.4 Å². The van der Waals surface area contributed by atoms with E-state index in [1.807, 2.05) is 0 Å². The van der Waals surface area contributed by atoms with Crippen LogP contribution in [0.4, 0.5) is 11.5 Å². The number of carboxylic acid groups (broad SMARTS) is 1. The van der Waals surface area contributed by atoms with E-state index in [1.165, 1.54) is 12.3 Å². The molecule has 5 nitrogen and oxygen atoms in total. The molecule has 2 N–H and O–H groups in total. The second-order valence-electron chi connectivity index (χ2n) is 3.17. The molecule has 0 aliphatic rings. The SMILES string of the molecule is O=C(O)c1cccnc1Nc1cccnc1Cl. The van der Waals surface area contributed by atoms with Crippen LogP contribution in [-0.2, 0) is 0 Å². The van der Waals surface area contributed by atoms with Crippen LogP contribution in [0.15, 0.2) is 36.7 Å². The maximum Gasteiger partial charge on any atom is 0.339 e. The molecule has 0 saturated carbocycles. The van der Waals surface area contributed by atoms with Gasteiger partial charge in [-0.25, -0.2) is 14.8 Å². The summed E-state index contributed by atoms with van der Waals surface area (Å²) in [6.07, 6.45) is 3.04. The van der Waals surface area contributed by atoms with E-state index < -0.39 is 5.97 Å². The van der Waals surface area contributed by atoms with Gasteiger partial charge in [0.15, 0.2) is 5.15 Å². The van der Waals surface area contributed by atoms with Crippen molar-refractivity contribution in [2.75, 3.05) is 5.32 Å². The summed E-state index contributed by atoms with van der Waals surface area (Å²) < 4.78 is 0. The molecule has 86 valence electrons. The quantitative estimate of drug-likeness (QED) is 0.818. The minimum Gasteiger partial charge on any atom is -0.478 e. The Morgan fingerprint density at radius 1 is 1.24 bits per heavy atom. The molecule has 0 unspecified atom stereocenters. The summed E-state index contributed by atoms with van der Waals surface area (Å²) in [4.78, 5) is 18.8. The predicted molar refractivity (Wildman–Crippen MR) is 63.7 cm³/mol. The van der Waals surface area contributed by atoms with Gasteiger partial charge in [0, 0.05) is 12.4 Å². The Balaban J connectivity index is 2.37. The van der Waals surface area contributed by atoms with Crippen LogP contribution in [0, 0.1) is 0 Å². The van der Waals surface area contributed by atoms with Crippen molar-refractivity contribution in [2.45, 2.75) is 0 Å². The Hall–Kier alpha value is -2.14. The Bertz CT molecular complexity index is 560. The van der Waals surface area contributed by atoms with E-state index >= 15 is 0 Å². The second kappa shape index (κ2) is 4.80. The first-order valence-electron chi connectivity index (χ1n) is 4.74. The Labute approximate surface area is 102 Å². The lowest BCUT2D eigenvalue weighted by Crippen LogP contribution is -2.04. The number of aromatic nitrogens is 2. The van der Waals surface area contributed by atoms with E-state index in [-0.39, 0.29) is 16.5 Å². The molecule has 2 aromatic heterocycles. The van der Waals surface area contributed by atoms with Gasteiger partial charge in [0.25, 0.3) is 0 Å². The van der Waals surface area contributed by atoms with E-state index in [4.69, 9.17) is 16.7 Å². The van der Waals surface area contributed by atoms with E-state index in [9.17, 15) is 4.79 Å². The number of hydrogen-bond donors (Lipinski definition) is 2. The van der Waals surface area contributed by atoms with Gasteiger partial charge in [-0.3, -0.25) is 0 Å². The summed E-state index contributed by atoms with van der Waals surface area (Å²) >= 11 is 5.86. The topological polar surface area (TPSA) is 75.1 Å². The molecule has 0 fully saturated rings. The largest absolute Gasteiger partial charge is 0.478 e. The zero-order valence-electron chi connectivity index (χ0n) is 8.59. The predicted octanol–water partition coefficient (Wildman–Crippen LogP) is 2.57. The number of nitrogens with one attached hydrogen (secondary N) is 1. The molecule has 17 heavy (non-hydrogen) atoms. The molecule has 0 aliphatic carbocycles. The number of anilines is 2. The number of carboxylic acids is 1. The van der Waals surface area contributed by atoms with E-state index in [2.05, 4.69) is 15.3 Å². The number of rotatable bonds is 3. The minimum atomic E-state index is -1.05. The van der Waals surface area contributed by atoms with Gasteiger partial charge in [0.2, 0.25) is 0 Å². The first-order valence-corrected chi connectivity index (χ1v) is 5.12. The maximum atomic E-state index is 11.0. The van der Waals surface area contributed by atoms with Crippen molar-refractivity contribution in [2.24, 2.45) is 0 Å². The molecule has 0 radical (unpaired) electrons. The number of nitrogens with zero attached hydrogens (tertiary/aromatic N) is 2. The van der Waals surface area contributed by atoms with E-state index in [0.29, 0.717) is 5.69 Å². The van der Waals surface area contributed by atoms with Crippen molar-refractivity contribution in [1.82, 2.24) is 9.97 Å². The molecular formula is C11H8ClN3O2. The summed E-state index contributed by atoms with van der Waals surface area (Å²) in [7, 11) is 0. The Morgan fingerprint density at radius 3 is 2.65 bits per heavy atom. The number of halogens is 1. The summed E-state index contributed by atoms with van der Waals surface area (Å²) in [5.41, 5.74) is 0.586. The highest BCUT2D eigenvalue weighted by Crippen LogP contribution is 2.23. The summed E-state index contributed by atoms with van der Waals surface area (Å²) in [5, 5.41) is 12.1. The number of pyridine rings is 2. The second-order valence-corrected chi connectivity index (χ2v) is 3.53. The lowest BCUT2D eigenvalue weighted by molar-refractivity contribution is 0.0697. The molecule has 0 bridgehead atoms. The average Bonchev–Trinajstić information content (AvgIpc) is 2.32. The monoisotopic (exact) mass is 249 g/mol. The zero-order chi connectivity index (χ0) is 12.3. The summed E-state index contributed by atoms with van der Waals surface area (Å²) in [6, 6.07) is 6.40. The van der Waals surface area contributed by atoms with Crippen molar-refractivity contribution in [3.8, 4) is 0 Å². The first-order chi connectivity index (χ1) is 8.18. The van der Waals surface area contributed by atoms with E-state index in [1.54, 1.807) is 24.4 Å². The highest BCUT2D eigenvalue weighted by Gasteiger charge is 2.11. The highest BCUT2D eigenvalue weighted by atomic mass is 35.5. The van der Waals surface area contributed by atoms with Crippen LogP contribution < -0.4 is 5.32 Å². The molecule has 2 heterocycles. The van der Waals surface area contributed by atoms with Crippen LogP contribution >= 0.6 is 11.6 Å². The van der Waals surface area contributed by atoms with Crippen molar-refractivity contribution >= 4 is 29.1 Å². The van der Waals surface area contributed by atoms with Gasteiger partial charge < -0.3 is 10.4 Å². The van der Waals surface area contributed by atoms with Gasteiger partial charge in [-0.05, 0) is 24.3 Å². The van der Waals surface area contributed by atoms with Gasteiger partial charge in [-0.1, -0.05) is 11.6 Å². The standard InChI is InChI=1S/C11H8ClN3O2/c12-9-8(4-2-5-13-9)15-10-7(11(16)17)3-1-6-14-10/h1-6H,(H,14,15)(H,16,17). The molecule has 0 aliphatic heterocycles. The van der Waals surface area contributed by atoms with Crippen LogP contribution in [0.3, 0.4) is 0 Å². The molecular weight excluding hydrogens is 242 g/mol. The minimum absolute atomic E-state index is 0.0763. The van der Waals surface area contributed by atoms with Gasteiger partial charge in [0.05, 0.1) is 5.69 Å². The Kier molecular flexibility index (Phi) is 3.20. The molecule has 0 amide bonds. The van der Waals surface area contributed by atoms with Crippen molar-refractivity contribution in [3.05, 3.63) is 47.4 Å². The van der Waals surface area contributed by atoms with Crippen LogP contribution in [0.25, 0.3) is 0 Å². The molecule has 0 spiro atoms. The third kappa shape index (κ3) is 2.51. The lowest BCUT2D eigenvalue weighted by Gasteiger charge is -2.08. The normalized spacial score (nSPS) is 9.94. The summed E-state index contributed by atoms with van der Waals surface area (Å²) in [6.45, 7) is 0. The highest BCUT2D eigenvalue weighted by molar-refractivity contribution is 6.32. The molecule has 6 heteroatoms. The van der Waals surface area contributed by atoms with Crippen LogP contribution in [0.2, 0.25) is 5.15 Å². The third-order valence-electron chi connectivity index (χ3n) is 2.05.